The van der Waals surface area contributed by atoms with Crippen molar-refractivity contribution in [3.05, 3.63) is 34.3 Å². The number of amides is 2. The number of halogens is 1. The minimum Gasteiger partial charge on any atom is -0.354 e. The molecule has 0 aliphatic carbocycles. The molecule has 0 saturated carbocycles. The van der Waals surface area contributed by atoms with Crippen molar-refractivity contribution in [1.82, 2.24) is 16.0 Å². The van der Waals surface area contributed by atoms with E-state index in [0.717, 1.165) is 36.8 Å². The van der Waals surface area contributed by atoms with E-state index in [1.165, 1.54) is 0 Å². The van der Waals surface area contributed by atoms with E-state index >= 15 is 0 Å². The third kappa shape index (κ3) is 6.71. The van der Waals surface area contributed by atoms with Crippen LogP contribution in [0.25, 0.3) is 0 Å². The first-order valence-corrected chi connectivity index (χ1v) is 8.95. The first-order valence-electron chi connectivity index (χ1n) is 8.16. The van der Waals surface area contributed by atoms with Crippen LogP contribution in [0, 0.1) is 5.92 Å². The van der Waals surface area contributed by atoms with Gasteiger partial charge in [0.15, 0.2) is 0 Å². The Kier molecular flexibility index (Phi) is 7.55. The Morgan fingerprint density at radius 2 is 1.74 bits per heavy atom. The molecule has 3 N–H and O–H groups in total. The molecule has 126 valence electrons. The van der Waals surface area contributed by atoms with Crippen molar-refractivity contribution >= 4 is 27.7 Å². The van der Waals surface area contributed by atoms with E-state index in [4.69, 9.17) is 0 Å². The standard InChI is InChI=1S/C17H24BrN3O2/c18-15-4-2-14(3-5-15)17(23)21-12-11-20-16(22)6-1-13-7-9-19-10-8-13/h2-5,13,19H,1,6-12H2,(H,20,22)(H,21,23). The van der Waals surface area contributed by atoms with Crippen LogP contribution in [0.1, 0.15) is 36.0 Å². The van der Waals surface area contributed by atoms with E-state index in [0.29, 0.717) is 31.0 Å². The summed E-state index contributed by atoms with van der Waals surface area (Å²) in [6.07, 6.45) is 3.86. The second-order valence-corrected chi connectivity index (χ2v) is 6.76. The lowest BCUT2D eigenvalue weighted by Gasteiger charge is -2.22. The van der Waals surface area contributed by atoms with E-state index in [1.54, 1.807) is 12.1 Å². The Balaban J connectivity index is 1.56. The molecule has 5 nitrogen and oxygen atoms in total. The molecule has 6 heteroatoms. The number of piperidine rings is 1. The number of carbonyl (C=O) groups excluding carboxylic acids is 2. The number of hydrogen-bond acceptors (Lipinski definition) is 3. The molecule has 0 spiro atoms. The summed E-state index contributed by atoms with van der Waals surface area (Å²) in [5.74, 6) is 0.613. The number of rotatable bonds is 7. The summed E-state index contributed by atoms with van der Waals surface area (Å²) in [6, 6.07) is 7.18. The molecule has 1 aliphatic rings. The summed E-state index contributed by atoms with van der Waals surface area (Å²) in [5.41, 5.74) is 0.616. The summed E-state index contributed by atoms with van der Waals surface area (Å²) in [5, 5.41) is 8.99. The maximum Gasteiger partial charge on any atom is 0.251 e. The maximum absolute atomic E-state index is 11.9. The van der Waals surface area contributed by atoms with Gasteiger partial charge in [-0.1, -0.05) is 15.9 Å². The van der Waals surface area contributed by atoms with E-state index in [2.05, 4.69) is 31.9 Å². The molecule has 1 aromatic carbocycles. The second-order valence-electron chi connectivity index (χ2n) is 5.84. The van der Waals surface area contributed by atoms with Crippen molar-refractivity contribution in [2.24, 2.45) is 5.92 Å². The fraction of sp³-hybridized carbons (Fsp3) is 0.529. The molecule has 0 aromatic heterocycles. The number of carbonyl (C=O) groups is 2. The number of hydrogen-bond donors (Lipinski definition) is 3. The molecule has 2 rings (SSSR count). The molecule has 0 bridgehead atoms. The third-order valence-corrected chi connectivity index (χ3v) is 4.61. The predicted molar refractivity (Wildman–Crippen MR) is 94.3 cm³/mol. The molecule has 1 aliphatic heterocycles. The van der Waals surface area contributed by atoms with Crippen LogP contribution >= 0.6 is 15.9 Å². The third-order valence-electron chi connectivity index (χ3n) is 4.08. The minimum atomic E-state index is -0.124. The van der Waals surface area contributed by atoms with Crippen molar-refractivity contribution in [2.75, 3.05) is 26.2 Å². The van der Waals surface area contributed by atoms with Crippen LogP contribution in [0.2, 0.25) is 0 Å². The van der Waals surface area contributed by atoms with E-state index in [1.807, 2.05) is 12.1 Å². The highest BCUT2D eigenvalue weighted by Crippen LogP contribution is 2.17. The maximum atomic E-state index is 11.9. The molecule has 23 heavy (non-hydrogen) atoms. The van der Waals surface area contributed by atoms with Gasteiger partial charge < -0.3 is 16.0 Å². The van der Waals surface area contributed by atoms with Gasteiger partial charge in [0.2, 0.25) is 5.91 Å². The average molecular weight is 382 g/mol. The molecule has 1 heterocycles. The quantitative estimate of drug-likeness (QED) is 0.633. The molecular formula is C17H24BrN3O2. The van der Waals surface area contributed by atoms with E-state index < -0.39 is 0 Å². The highest BCUT2D eigenvalue weighted by Gasteiger charge is 2.14. The summed E-state index contributed by atoms with van der Waals surface area (Å²) < 4.78 is 0.940. The highest BCUT2D eigenvalue weighted by molar-refractivity contribution is 9.10. The highest BCUT2D eigenvalue weighted by atomic mass is 79.9. The lowest BCUT2D eigenvalue weighted by Crippen LogP contribution is -2.35. The van der Waals surface area contributed by atoms with Gasteiger partial charge in [0.25, 0.3) is 5.91 Å². The van der Waals surface area contributed by atoms with Crippen molar-refractivity contribution < 1.29 is 9.59 Å². The molecule has 0 unspecified atom stereocenters. The van der Waals surface area contributed by atoms with Crippen LogP contribution in [-0.4, -0.2) is 38.0 Å². The molecule has 1 saturated heterocycles. The van der Waals surface area contributed by atoms with Gasteiger partial charge in [-0.2, -0.15) is 0 Å². The zero-order valence-corrected chi connectivity index (χ0v) is 14.8. The van der Waals surface area contributed by atoms with E-state index in [9.17, 15) is 9.59 Å². The lowest BCUT2D eigenvalue weighted by atomic mass is 9.93. The zero-order valence-electron chi connectivity index (χ0n) is 13.2. The van der Waals surface area contributed by atoms with Crippen LogP contribution in [0.4, 0.5) is 0 Å². The van der Waals surface area contributed by atoms with E-state index in [-0.39, 0.29) is 11.8 Å². The molecule has 0 atom stereocenters. The molecule has 0 radical (unpaired) electrons. The van der Waals surface area contributed by atoms with Gasteiger partial charge in [-0.25, -0.2) is 0 Å². The molecule has 1 fully saturated rings. The number of benzene rings is 1. The smallest absolute Gasteiger partial charge is 0.251 e. The predicted octanol–water partition coefficient (Wildman–Crippen LogP) is 2.07. The van der Waals surface area contributed by atoms with Crippen molar-refractivity contribution in [3.63, 3.8) is 0 Å². The van der Waals surface area contributed by atoms with Crippen molar-refractivity contribution in [1.29, 1.82) is 0 Å². The Bertz CT molecular complexity index is 513. The van der Waals surface area contributed by atoms with Gasteiger partial charge in [-0.05, 0) is 62.5 Å². The largest absolute Gasteiger partial charge is 0.354 e. The zero-order chi connectivity index (χ0) is 16.5. The van der Waals surface area contributed by atoms with Crippen LogP contribution in [0.5, 0.6) is 0 Å². The SMILES string of the molecule is O=C(CCC1CCNCC1)NCCNC(=O)c1ccc(Br)cc1. The minimum absolute atomic E-state index is 0.0708. The second kappa shape index (κ2) is 9.67. The molecular weight excluding hydrogens is 358 g/mol. The summed E-state index contributed by atoms with van der Waals surface area (Å²) in [7, 11) is 0. The van der Waals surface area contributed by atoms with Gasteiger partial charge in [-0.15, -0.1) is 0 Å². The van der Waals surface area contributed by atoms with Crippen LogP contribution < -0.4 is 16.0 Å². The fourth-order valence-corrected chi connectivity index (χ4v) is 2.94. The van der Waals surface area contributed by atoms with Gasteiger partial charge in [0, 0.05) is 29.5 Å². The first-order chi connectivity index (χ1) is 11.1. The van der Waals surface area contributed by atoms with Gasteiger partial charge >= 0.3 is 0 Å². The molecule has 1 aromatic rings. The average Bonchev–Trinajstić information content (AvgIpc) is 2.58. The topological polar surface area (TPSA) is 70.2 Å². The van der Waals surface area contributed by atoms with Crippen LogP contribution in [-0.2, 0) is 4.79 Å². The number of nitrogens with one attached hydrogen (secondary N) is 3. The lowest BCUT2D eigenvalue weighted by molar-refractivity contribution is -0.121. The Hall–Kier alpha value is -1.40. The van der Waals surface area contributed by atoms with Crippen LogP contribution in [0.3, 0.4) is 0 Å². The Labute approximate surface area is 145 Å². The summed E-state index contributed by atoms with van der Waals surface area (Å²) in [4.78, 5) is 23.7. The van der Waals surface area contributed by atoms with Gasteiger partial charge in [0.05, 0.1) is 0 Å². The summed E-state index contributed by atoms with van der Waals surface area (Å²) in [6.45, 7) is 3.03. The summed E-state index contributed by atoms with van der Waals surface area (Å²) >= 11 is 3.33. The Morgan fingerprint density at radius 1 is 1.09 bits per heavy atom. The van der Waals surface area contributed by atoms with Gasteiger partial charge in [-0.3, -0.25) is 9.59 Å². The van der Waals surface area contributed by atoms with Crippen molar-refractivity contribution in [2.45, 2.75) is 25.7 Å². The van der Waals surface area contributed by atoms with Crippen LogP contribution in [0.15, 0.2) is 28.7 Å². The first kappa shape index (κ1) is 17.9. The monoisotopic (exact) mass is 381 g/mol. The van der Waals surface area contributed by atoms with Gasteiger partial charge in [0.1, 0.15) is 0 Å². The van der Waals surface area contributed by atoms with Crippen molar-refractivity contribution in [3.8, 4) is 0 Å². The fourth-order valence-electron chi connectivity index (χ4n) is 2.68. The Morgan fingerprint density at radius 3 is 2.43 bits per heavy atom. The normalized spacial score (nSPS) is 15.2. The molecule has 2 amide bonds.